The fourth-order valence-electron chi connectivity index (χ4n) is 1.49. The number of nitrogens with one attached hydrogen (secondary N) is 1. The normalized spacial score (nSPS) is 11.6. The smallest absolute Gasteiger partial charge is 0.263 e. The minimum Gasteiger partial charge on any atom is -0.276 e. The van der Waals surface area contributed by atoms with Gasteiger partial charge < -0.3 is 0 Å². The van der Waals surface area contributed by atoms with Crippen LogP contribution in [0.2, 0.25) is 10.0 Å². The van der Waals surface area contributed by atoms with E-state index in [9.17, 15) is 8.42 Å². The Morgan fingerprint density at radius 2 is 2.00 bits per heavy atom. The lowest BCUT2D eigenvalue weighted by Gasteiger charge is -2.09. The molecule has 0 aliphatic rings. The third-order valence-corrected chi connectivity index (χ3v) is 5.02. The quantitative estimate of drug-likeness (QED) is 0.946. The number of sulfonamides is 1. The molecule has 0 spiro atoms. The first-order valence-corrected chi connectivity index (χ1v) is 7.52. The molecule has 8 heteroatoms. The highest BCUT2D eigenvalue weighted by atomic mass is 35.5. The van der Waals surface area contributed by atoms with Crippen molar-refractivity contribution in [2.75, 3.05) is 4.72 Å². The number of nitrogens with zero attached hydrogens (tertiary/aromatic N) is 2. The highest BCUT2D eigenvalue weighted by Crippen LogP contribution is 2.30. The maximum atomic E-state index is 12.2. The van der Waals surface area contributed by atoms with Crippen molar-refractivity contribution in [1.82, 2.24) is 9.78 Å². The van der Waals surface area contributed by atoms with Gasteiger partial charge in [0.25, 0.3) is 10.0 Å². The van der Waals surface area contributed by atoms with Crippen LogP contribution >= 0.6 is 23.2 Å². The Hall–Kier alpha value is -1.24. The molecule has 0 bridgehead atoms. The molecule has 0 unspecified atom stereocenters. The van der Waals surface area contributed by atoms with Gasteiger partial charge in [-0.05, 0) is 19.1 Å². The van der Waals surface area contributed by atoms with Gasteiger partial charge in [-0.25, -0.2) is 8.42 Å². The molecule has 2 rings (SSSR count). The minimum absolute atomic E-state index is 0.00166. The van der Waals surface area contributed by atoms with E-state index in [2.05, 4.69) is 9.82 Å². The van der Waals surface area contributed by atoms with E-state index in [0.29, 0.717) is 11.4 Å². The predicted octanol–water partition coefficient (Wildman–Crippen LogP) is 2.84. The van der Waals surface area contributed by atoms with Crippen LogP contribution in [0.15, 0.2) is 29.3 Å². The van der Waals surface area contributed by atoms with Gasteiger partial charge in [0.2, 0.25) is 0 Å². The van der Waals surface area contributed by atoms with Crippen LogP contribution in [0, 0.1) is 6.92 Å². The molecule has 0 saturated heterocycles. The topological polar surface area (TPSA) is 64.0 Å². The van der Waals surface area contributed by atoms with Crippen molar-refractivity contribution in [3.8, 4) is 0 Å². The first kappa shape index (κ1) is 14.2. The van der Waals surface area contributed by atoms with Gasteiger partial charge in [-0.2, -0.15) is 5.10 Å². The van der Waals surface area contributed by atoms with Crippen molar-refractivity contribution < 1.29 is 8.42 Å². The molecule has 0 radical (unpaired) electrons. The van der Waals surface area contributed by atoms with E-state index in [0.717, 1.165) is 0 Å². The van der Waals surface area contributed by atoms with E-state index in [1.807, 2.05) is 0 Å². The Morgan fingerprint density at radius 3 is 2.58 bits per heavy atom. The zero-order valence-electron chi connectivity index (χ0n) is 10.2. The molecule has 2 aromatic rings. The number of rotatable bonds is 3. The molecule has 0 saturated carbocycles. The first-order valence-electron chi connectivity index (χ1n) is 5.28. The van der Waals surface area contributed by atoms with Gasteiger partial charge in [-0.1, -0.05) is 29.3 Å². The van der Waals surface area contributed by atoms with Crippen LogP contribution in [0.5, 0.6) is 0 Å². The standard InChI is InChI=1S/C11H11Cl2N3O2S/c1-7-9(6-14-16(7)2)15-19(17,18)10-5-3-4-8(12)11(10)13/h3-6,15H,1-2H3. The third kappa shape index (κ3) is 2.70. The van der Waals surface area contributed by atoms with E-state index in [4.69, 9.17) is 23.2 Å². The molecule has 102 valence electrons. The monoisotopic (exact) mass is 319 g/mol. The van der Waals surface area contributed by atoms with Gasteiger partial charge in [0, 0.05) is 7.05 Å². The Morgan fingerprint density at radius 1 is 1.32 bits per heavy atom. The molecule has 0 amide bonds. The first-order chi connectivity index (χ1) is 8.83. The number of hydrogen-bond acceptors (Lipinski definition) is 3. The number of anilines is 1. The maximum absolute atomic E-state index is 12.2. The van der Waals surface area contributed by atoms with Crippen LogP contribution in [0.4, 0.5) is 5.69 Å². The highest BCUT2D eigenvalue weighted by molar-refractivity contribution is 7.92. The summed E-state index contributed by atoms with van der Waals surface area (Å²) < 4.78 is 28.5. The fourth-order valence-corrected chi connectivity index (χ4v) is 3.35. The Kier molecular flexibility index (Phi) is 3.75. The van der Waals surface area contributed by atoms with Gasteiger partial charge >= 0.3 is 0 Å². The lowest BCUT2D eigenvalue weighted by molar-refractivity contribution is 0.601. The third-order valence-electron chi connectivity index (χ3n) is 2.69. The van der Waals surface area contributed by atoms with Crippen LogP contribution in [0.1, 0.15) is 5.69 Å². The van der Waals surface area contributed by atoms with Crippen molar-refractivity contribution in [2.45, 2.75) is 11.8 Å². The molecule has 1 aromatic carbocycles. The molecular formula is C11H11Cl2N3O2S. The molecule has 1 aromatic heterocycles. The molecule has 1 N–H and O–H groups in total. The summed E-state index contributed by atoms with van der Waals surface area (Å²) in [5.74, 6) is 0. The maximum Gasteiger partial charge on any atom is 0.263 e. The zero-order chi connectivity index (χ0) is 14.2. The molecule has 0 fully saturated rings. The second-order valence-corrected chi connectivity index (χ2v) is 6.36. The van der Waals surface area contributed by atoms with Crippen molar-refractivity contribution in [2.24, 2.45) is 7.05 Å². The second kappa shape index (κ2) is 5.03. The molecule has 0 aliphatic heterocycles. The molecule has 19 heavy (non-hydrogen) atoms. The van der Waals surface area contributed by atoms with Crippen molar-refractivity contribution in [3.63, 3.8) is 0 Å². The average Bonchev–Trinajstić information content (AvgIpc) is 2.64. The summed E-state index contributed by atoms with van der Waals surface area (Å²) >= 11 is 11.7. The molecule has 0 aliphatic carbocycles. The van der Waals surface area contributed by atoms with Crippen LogP contribution in [0.3, 0.4) is 0 Å². The highest BCUT2D eigenvalue weighted by Gasteiger charge is 2.21. The zero-order valence-corrected chi connectivity index (χ0v) is 12.5. The molecule has 0 atom stereocenters. The predicted molar refractivity (Wildman–Crippen MR) is 75.2 cm³/mol. The van der Waals surface area contributed by atoms with Crippen molar-refractivity contribution in [3.05, 3.63) is 40.1 Å². The van der Waals surface area contributed by atoms with E-state index in [1.165, 1.54) is 24.4 Å². The van der Waals surface area contributed by atoms with Crippen molar-refractivity contribution >= 4 is 38.9 Å². The summed E-state index contributed by atoms with van der Waals surface area (Å²) in [5, 5.41) is 4.15. The van der Waals surface area contributed by atoms with E-state index in [-0.39, 0.29) is 14.9 Å². The van der Waals surface area contributed by atoms with E-state index >= 15 is 0 Å². The van der Waals surface area contributed by atoms with Crippen LogP contribution in [-0.2, 0) is 17.1 Å². The average molecular weight is 320 g/mol. The van der Waals surface area contributed by atoms with E-state index in [1.54, 1.807) is 18.7 Å². The summed E-state index contributed by atoms with van der Waals surface area (Å²) in [4.78, 5) is -0.0649. The minimum atomic E-state index is -3.80. The second-order valence-electron chi connectivity index (χ2n) is 3.92. The lowest BCUT2D eigenvalue weighted by Crippen LogP contribution is -2.14. The number of halogens is 2. The van der Waals surface area contributed by atoms with Gasteiger partial charge in [-0.15, -0.1) is 0 Å². The Bertz CT molecular complexity index is 726. The van der Waals surface area contributed by atoms with Crippen LogP contribution in [-0.4, -0.2) is 18.2 Å². The van der Waals surface area contributed by atoms with Crippen LogP contribution < -0.4 is 4.72 Å². The SMILES string of the molecule is Cc1c(NS(=O)(=O)c2cccc(Cl)c2Cl)cnn1C. The number of benzene rings is 1. The van der Waals surface area contributed by atoms with Gasteiger partial charge in [0.05, 0.1) is 27.6 Å². The summed E-state index contributed by atoms with van der Waals surface area (Å²) in [5.41, 5.74) is 1.10. The fraction of sp³-hybridized carbons (Fsp3) is 0.182. The van der Waals surface area contributed by atoms with Crippen LogP contribution in [0.25, 0.3) is 0 Å². The Balaban J connectivity index is 2.44. The summed E-state index contributed by atoms with van der Waals surface area (Å²) in [6.07, 6.45) is 1.44. The largest absolute Gasteiger partial charge is 0.276 e. The summed E-state index contributed by atoms with van der Waals surface area (Å²) in [7, 11) is -2.07. The number of aryl methyl sites for hydroxylation is 1. The van der Waals surface area contributed by atoms with Gasteiger partial charge in [0.1, 0.15) is 4.90 Å². The summed E-state index contributed by atoms with van der Waals surface area (Å²) in [6, 6.07) is 4.44. The van der Waals surface area contributed by atoms with Gasteiger partial charge in [-0.3, -0.25) is 9.40 Å². The lowest BCUT2D eigenvalue weighted by atomic mass is 10.4. The van der Waals surface area contributed by atoms with Crippen molar-refractivity contribution in [1.29, 1.82) is 0 Å². The number of hydrogen-bond donors (Lipinski definition) is 1. The molecule has 1 heterocycles. The number of aromatic nitrogens is 2. The molecule has 5 nitrogen and oxygen atoms in total. The Labute approximate surface area is 121 Å². The summed E-state index contributed by atoms with van der Waals surface area (Å²) in [6.45, 7) is 1.75. The molecular weight excluding hydrogens is 309 g/mol. The van der Waals surface area contributed by atoms with E-state index < -0.39 is 10.0 Å². The van der Waals surface area contributed by atoms with Gasteiger partial charge in [0.15, 0.2) is 0 Å².